The third-order valence-electron chi connectivity index (χ3n) is 7.48. The van der Waals surface area contributed by atoms with Crippen molar-refractivity contribution in [1.82, 2.24) is 0 Å². The second-order valence-electron chi connectivity index (χ2n) is 9.46. The molecule has 7 rings (SSSR count). The number of carbonyl (C=O) groups is 1. The minimum atomic E-state index is -0.313. The molecule has 0 saturated heterocycles. The van der Waals surface area contributed by atoms with E-state index in [1.807, 2.05) is 24.3 Å². The van der Waals surface area contributed by atoms with E-state index < -0.39 is 0 Å². The van der Waals surface area contributed by atoms with Crippen LogP contribution in [0.4, 0.5) is 0 Å². The van der Waals surface area contributed by atoms with Crippen LogP contribution >= 0.6 is 0 Å². The van der Waals surface area contributed by atoms with Gasteiger partial charge in [0.15, 0.2) is 0 Å². The number of esters is 1. The molecule has 0 amide bonds. The molecule has 2 aromatic rings. The molecule has 2 atom stereocenters. The highest BCUT2D eigenvalue weighted by molar-refractivity contribution is 5.82. The number of hydrogen-bond donors (Lipinski definition) is 0. The lowest BCUT2D eigenvalue weighted by Gasteiger charge is -2.26. The number of allylic oxidation sites excluding steroid dienone is 5. The van der Waals surface area contributed by atoms with Gasteiger partial charge >= 0.3 is 5.97 Å². The lowest BCUT2D eigenvalue weighted by Crippen LogP contribution is -2.37. The van der Waals surface area contributed by atoms with Crippen molar-refractivity contribution in [1.29, 1.82) is 0 Å². The Kier molecular flexibility index (Phi) is 4.22. The van der Waals surface area contributed by atoms with Crippen LogP contribution in [0.25, 0.3) is 35.6 Å². The van der Waals surface area contributed by atoms with E-state index in [4.69, 9.17) is 9.47 Å². The molecule has 0 saturated carbocycles. The molecule has 3 nitrogen and oxygen atoms in total. The van der Waals surface area contributed by atoms with Gasteiger partial charge in [0.05, 0.1) is 0 Å². The minimum Gasteiger partial charge on any atom is -0.485 e. The lowest BCUT2D eigenvalue weighted by atomic mass is 9.81. The first kappa shape index (κ1) is 19.6. The van der Waals surface area contributed by atoms with Crippen LogP contribution in [0.15, 0.2) is 60.2 Å². The van der Waals surface area contributed by atoms with Gasteiger partial charge in [-0.05, 0) is 70.2 Å². The second-order valence-corrected chi connectivity index (χ2v) is 9.46. The topological polar surface area (TPSA) is 35.5 Å². The number of benzene rings is 2. The quantitative estimate of drug-likeness (QED) is 0.667. The molecule has 0 bridgehead atoms. The summed E-state index contributed by atoms with van der Waals surface area (Å²) < 4.78 is 12.0. The van der Waals surface area contributed by atoms with Crippen LogP contribution in [0.2, 0.25) is 0 Å². The monoisotopic (exact) mass is 444 g/mol. The molecule has 1 aliphatic heterocycles. The summed E-state index contributed by atoms with van der Waals surface area (Å²) in [6, 6.07) is 8.64. The van der Waals surface area contributed by atoms with E-state index in [-0.39, 0.29) is 18.0 Å². The van der Waals surface area contributed by atoms with E-state index >= 15 is 0 Å². The van der Waals surface area contributed by atoms with Crippen molar-refractivity contribution in [3.63, 3.8) is 0 Å². The predicted octanol–water partition coefficient (Wildman–Crippen LogP) is 3.35. The molecular formula is C31H24O3. The summed E-state index contributed by atoms with van der Waals surface area (Å²) in [6.07, 6.45) is 23.0. The zero-order valence-electron chi connectivity index (χ0n) is 19.0. The average Bonchev–Trinajstić information content (AvgIpc) is 3.46. The Balaban J connectivity index is 1.34. The Morgan fingerprint density at radius 2 is 2.00 bits per heavy atom. The summed E-state index contributed by atoms with van der Waals surface area (Å²) in [5.41, 5.74) is 6.68. The van der Waals surface area contributed by atoms with Crippen LogP contribution in [0, 0.1) is 0 Å². The van der Waals surface area contributed by atoms with Gasteiger partial charge in [0.1, 0.15) is 17.6 Å². The molecule has 3 heteroatoms. The van der Waals surface area contributed by atoms with Crippen molar-refractivity contribution in [2.45, 2.75) is 38.2 Å². The van der Waals surface area contributed by atoms with E-state index in [0.717, 1.165) is 34.6 Å². The molecule has 0 radical (unpaired) electrons. The van der Waals surface area contributed by atoms with E-state index in [2.05, 4.69) is 54.7 Å². The number of hydrogen-bond acceptors (Lipinski definition) is 3. The van der Waals surface area contributed by atoms with Crippen molar-refractivity contribution in [3.8, 4) is 5.75 Å². The standard InChI is InChI=1S/C31H24O3/c1-18(32)33-29-16-11-20-10-15-28-27(31(20)29)17-30(34-28)26-8-4-7-22-24-12-9-19-5-2-3-6-21(19)23(24)13-14-25(22)26/h3-4,6-8,10-17,26,30H,2,5,9H2,1H3/t26?,30-/m1/s1. The van der Waals surface area contributed by atoms with Crippen LogP contribution in [-0.2, 0) is 9.53 Å². The number of fused-ring (bicyclic) bond motifs is 7. The van der Waals surface area contributed by atoms with Crippen LogP contribution in [0.1, 0.15) is 48.8 Å². The van der Waals surface area contributed by atoms with Gasteiger partial charge in [-0.2, -0.15) is 0 Å². The summed E-state index contributed by atoms with van der Waals surface area (Å²) in [6.45, 7) is 1.44. The fourth-order valence-electron chi connectivity index (χ4n) is 5.99. The Morgan fingerprint density at radius 1 is 1.06 bits per heavy atom. The number of carbonyl (C=O) groups excluding carboxylic acids is 1. The third kappa shape index (κ3) is 2.86. The van der Waals surface area contributed by atoms with Gasteiger partial charge in [-0.1, -0.05) is 66.3 Å². The van der Waals surface area contributed by atoms with Crippen molar-refractivity contribution in [3.05, 3.63) is 97.8 Å². The molecule has 166 valence electrons. The Labute approximate surface area is 197 Å². The third-order valence-corrected chi connectivity index (χ3v) is 7.48. The number of ether oxygens (including phenoxy) is 2. The maximum Gasteiger partial charge on any atom is 0.308 e. The van der Waals surface area contributed by atoms with Gasteiger partial charge in [0.25, 0.3) is 0 Å². The van der Waals surface area contributed by atoms with Crippen LogP contribution in [0.5, 0.6) is 5.75 Å². The average molecular weight is 445 g/mol. The fraction of sp³-hybridized carbons (Fsp3) is 0.194. The molecule has 2 aromatic carbocycles. The van der Waals surface area contributed by atoms with Gasteiger partial charge in [0.2, 0.25) is 0 Å². The highest BCUT2D eigenvalue weighted by Gasteiger charge is 2.29. The maximum absolute atomic E-state index is 11.6. The van der Waals surface area contributed by atoms with E-state index in [1.54, 1.807) is 5.57 Å². The first-order valence-electron chi connectivity index (χ1n) is 12.0. The van der Waals surface area contributed by atoms with Crippen molar-refractivity contribution in [2.75, 3.05) is 0 Å². The summed E-state index contributed by atoms with van der Waals surface area (Å²) in [4.78, 5) is 11.6. The van der Waals surface area contributed by atoms with Gasteiger partial charge in [-0.3, -0.25) is 4.79 Å². The lowest BCUT2D eigenvalue weighted by molar-refractivity contribution is -0.134. The normalized spacial score (nSPS) is 22.4. The molecule has 0 N–H and O–H groups in total. The minimum absolute atomic E-state index is 0.115. The SMILES string of the molecule is CC(=O)OC1=c2c(ccc3c2=C[C@H](C2C=CC=c4c2ccc2c4=CCC4=C2C=CCC4)O3)C=C1. The molecule has 0 spiro atoms. The first-order chi connectivity index (χ1) is 16.7. The highest BCUT2D eigenvalue weighted by Crippen LogP contribution is 2.33. The van der Waals surface area contributed by atoms with E-state index in [0.29, 0.717) is 5.76 Å². The Hall–Kier alpha value is -3.85. The van der Waals surface area contributed by atoms with E-state index in [1.165, 1.54) is 40.5 Å². The summed E-state index contributed by atoms with van der Waals surface area (Å²) >= 11 is 0. The summed E-state index contributed by atoms with van der Waals surface area (Å²) in [5.74, 6) is 1.24. The zero-order valence-corrected chi connectivity index (χ0v) is 19.0. The molecule has 4 aliphatic carbocycles. The smallest absolute Gasteiger partial charge is 0.308 e. The molecule has 5 aliphatic rings. The second kappa shape index (κ2) is 7.33. The fourth-order valence-corrected chi connectivity index (χ4v) is 5.99. The molecule has 1 unspecified atom stereocenters. The van der Waals surface area contributed by atoms with Gasteiger partial charge in [-0.15, -0.1) is 0 Å². The molecular weight excluding hydrogens is 420 g/mol. The molecule has 34 heavy (non-hydrogen) atoms. The van der Waals surface area contributed by atoms with Crippen molar-refractivity contribution in [2.24, 2.45) is 0 Å². The first-order valence-corrected chi connectivity index (χ1v) is 12.0. The molecule has 0 fully saturated rings. The summed E-state index contributed by atoms with van der Waals surface area (Å²) in [7, 11) is 0. The Morgan fingerprint density at radius 3 is 2.91 bits per heavy atom. The van der Waals surface area contributed by atoms with Gasteiger partial charge in [0, 0.05) is 23.3 Å². The van der Waals surface area contributed by atoms with Crippen molar-refractivity contribution >= 4 is 41.6 Å². The van der Waals surface area contributed by atoms with Crippen molar-refractivity contribution < 1.29 is 14.3 Å². The largest absolute Gasteiger partial charge is 0.485 e. The predicted molar refractivity (Wildman–Crippen MR) is 135 cm³/mol. The molecule has 1 heterocycles. The summed E-state index contributed by atoms with van der Waals surface area (Å²) in [5, 5.41) is 4.62. The van der Waals surface area contributed by atoms with Gasteiger partial charge in [-0.25, -0.2) is 0 Å². The van der Waals surface area contributed by atoms with Crippen LogP contribution in [0.3, 0.4) is 0 Å². The molecule has 0 aromatic heterocycles. The zero-order chi connectivity index (χ0) is 22.8. The maximum atomic E-state index is 11.6. The Bertz CT molecular complexity index is 1660. The van der Waals surface area contributed by atoms with Crippen LogP contribution < -0.4 is 25.6 Å². The highest BCUT2D eigenvalue weighted by atomic mass is 16.5. The number of rotatable bonds is 2. The van der Waals surface area contributed by atoms with Crippen LogP contribution in [-0.4, -0.2) is 12.1 Å². The van der Waals surface area contributed by atoms with E-state index in [9.17, 15) is 4.79 Å². The van der Waals surface area contributed by atoms with Gasteiger partial charge < -0.3 is 9.47 Å².